The summed E-state index contributed by atoms with van der Waals surface area (Å²) in [6.45, 7) is 9.11. The Balaban J connectivity index is 2.05. The first-order valence-electron chi connectivity index (χ1n) is 8.50. The van der Waals surface area contributed by atoms with Gasteiger partial charge in [0, 0.05) is 9.81 Å². The van der Waals surface area contributed by atoms with E-state index in [1.807, 2.05) is 31.2 Å². The van der Waals surface area contributed by atoms with Crippen molar-refractivity contribution in [2.24, 2.45) is 5.11 Å². The van der Waals surface area contributed by atoms with E-state index in [1.165, 1.54) is 5.56 Å². The van der Waals surface area contributed by atoms with Crippen molar-refractivity contribution >= 4 is 17.9 Å². The number of carbonyl (C=O) groups is 1. The molecule has 26 heavy (non-hydrogen) atoms. The van der Waals surface area contributed by atoms with Crippen LogP contribution in [0.5, 0.6) is 0 Å². The van der Waals surface area contributed by atoms with Crippen LogP contribution >= 0.6 is 11.8 Å². The van der Waals surface area contributed by atoms with Gasteiger partial charge in [-0.05, 0) is 58.7 Å². The first-order valence-corrected chi connectivity index (χ1v) is 9.38. The van der Waals surface area contributed by atoms with Gasteiger partial charge in [0.05, 0.1) is 12.1 Å². The maximum absolute atomic E-state index is 12.0. The molecule has 0 radical (unpaired) electrons. The van der Waals surface area contributed by atoms with E-state index in [9.17, 15) is 4.79 Å². The minimum atomic E-state index is -0.791. The molecule has 8 heteroatoms. The number of thioether (sulfide) groups is 1. The summed E-state index contributed by atoms with van der Waals surface area (Å²) in [4.78, 5) is 16.0. The molecule has 0 amide bonds. The molecule has 0 unspecified atom stereocenters. The Hall–Kier alpha value is -1.89. The molecule has 1 heterocycles. The lowest BCUT2D eigenvalue weighted by Gasteiger charge is -2.38. The second kappa shape index (κ2) is 8.66. The van der Waals surface area contributed by atoms with Gasteiger partial charge in [-0.1, -0.05) is 34.6 Å². The van der Waals surface area contributed by atoms with E-state index in [0.29, 0.717) is 6.42 Å². The summed E-state index contributed by atoms with van der Waals surface area (Å²) in [6.07, 6.45) is -1.45. The Morgan fingerprint density at radius 3 is 2.58 bits per heavy atom. The fourth-order valence-electron chi connectivity index (χ4n) is 2.60. The van der Waals surface area contributed by atoms with Crippen LogP contribution in [0.4, 0.5) is 4.79 Å². The predicted octanol–water partition coefficient (Wildman–Crippen LogP) is 5.22. The Morgan fingerprint density at radius 1 is 1.35 bits per heavy atom. The summed E-state index contributed by atoms with van der Waals surface area (Å²) in [7, 11) is 0. The fourth-order valence-corrected chi connectivity index (χ4v) is 3.72. The van der Waals surface area contributed by atoms with E-state index in [-0.39, 0.29) is 5.44 Å². The van der Waals surface area contributed by atoms with Crippen molar-refractivity contribution in [3.8, 4) is 0 Å². The summed E-state index contributed by atoms with van der Waals surface area (Å²) in [5.74, 6) is 0. The van der Waals surface area contributed by atoms with E-state index >= 15 is 0 Å². The molecule has 1 saturated heterocycles. The summed E-state index contributed by atoms with van der Waals surface area (Å²) in [5, 5.41) is 3.83. The SMILES string of the molecule is Cc1ccc(S[C@H]2C[C@H](N=[N+]=[N-])[C@@H](OC(=O)OC(C)(C)C)[C@H](C)O2)cc1. The maximum atomic E-state index is 12.0. The number of aryl methyl sites for hydroxylation is 1. The summed E-state index contributed by atoms with van der Waals surface area (Å²) >= 11 is 1.56. The lowest BCUT2D eigenvalue weighted by molar-refractivity contribution is -0.113. The average molecular weight is 379 g/mol. The van der Waals surface area contributed by atoms with Crippen LogP contribution in [0.25, 0.3) is 10.4 Å². The molecule has 2 rings (SSSR count). The number of rotatable bonds is 4. The molecule has 0 aromatic heterocycles. The van der Waals surface area contributed by atoms with E-state index in [4.69, 9.17) is 19.7 Å². The summed E-state index contributed by atoms with van der Waals surface area (Å²) in [6, 6.07) is 7.61. The van der Waals surface area contributed by atoms with Crippen LogP contribution in [0.1, 0.15) is 39.7 Å². The van der Waals surface area contributed by atoms with Crippen molar-refractivity contribution in [2.45, 2.75) is 75.2 Å². The van der Waals surface area contributed by atoms with Crippen molar-refractivity contribution in [2.75, 3.05) is 0 Å². The Kier molecular flexibility index (Phi) is 6.81. The van der Waals surface area contributed by atoms with Crippen LogP contribution in [-0.2, 0) is 14.2 Å². The Morgan fingerprint density at radius 2 is 2.00 bits per heavy atom. The largest absolute Gasteiger partial charge is 0.509 e. The second-order valence-electron chi connectivity index (χ2n) is 7.26. The molecule has 0 bridgehead atoms. The molecule has 0 saturated carbocycles. The zero-order chi connectivity index (χ0) is 19.3. The van der Waals surface area contributed by atoms with Gasteiger partial charge in [-0.15, -0.1) is 0 Å². The molecule has 7 nitrogen and oxygen atoms in total. The normalized spacial score (nSPS) is 25.9. The summed E-state index contributed by atoms with van der Waals surface area (Å²) in [5.41, 5.74) is 9.22. The van der Waals surface area contributed by atoms with Crippen LogP contribution in [-0.4, -0.2) is 35.4 Å². The monoisotopic (exact) mass is 379 g/mol. The van der Waals surface area contributed by atoms with E-state index in [0.717, 1.165) is 4.90 Å². The number of ether oxygens (including phenoxy) is 3. The Labute approximate surface area is 158 Å². The number of benzene rings is 1. The number of hydrogen-bond donors (Lipinski definition) is 0. The molecule has 1 aliphatic rings. The van der Waals surface area contributed by atoms with Crippen molar-refractivity contribution < 1.29 is 19.0 Å². The Bertz CT molecular complexity index is 668. The van der Waals surface area contributed by atoms with Crippen LogP contribution in [0.2, 0.25) is 0 Å². The zero-order valence-electron chi connectivity index (χ0n) is 15.7. The fraction of sp³-hybridized carbons (Fsp3) is 0.611. The van der Waals surface area contributed by atoms with Crippen molar-refractivity contribution in [1.82, 2.24) is 0 Å². The van der Waals surface area contributed by atoms with Gasteiger partial charge in [0.25, 0.3) is 0 Å². The molecule has 4 atom stereocenters. The average Bonchev–Trinajstić information content (AvgIpc) is 2.51. The van der Waals surface area contributed by atoms with Crippen molar-refractivity contribution in [1.29, 1.82) is 0 Å². The van der Waals surface area contributed by atoms with Gasteiger partial charge in [0.15, 0.2) is 0 Å². The number of azide groups is 1. The van der Waals surface area contributed by atoms with E-state index in [2.05, 4.69) is 10.0 Å². The minimum absolute atomic E-state index is 0.193. The molecule has 0 N–H and O–H groups in total. The van der Waals surface area contributed by atoms with Gasteiger partial charge in [0.2, 0.25) is 0 Å². The highest BCUT2D eigenvalue weighted by Gasteiger charge is 2.40. The van der Waals surface area contributed by atoms with Crippen LogP contribution in [0, 0.1) is 6.92 Å². The van der Waals surface area contributed by atoms with Crippen molar-refractivity contribution in [3.05, 3.63) is 40.3 Å². The highest BCUT2D eigenvalue weighted by Crippen LogP contribution is 2.35. The van der Waals surface area contributed by atoms with Gasteiger partial charge in [0.1, 0.15) is 17.1 Å². The number of nitrogens with zero attached hydrogens (tertiary/aromatic N) is 3. The molecular weight excluding hydrogens is 354 g/mol. The van der Waals surface area contributed by atoms with Crippen LogP contribution < -0.4 is 0 Å². The number of hydrogen-bond acceptors (Lipinski definition) is 6. The third-order valence-electron chi connectivity index (χ3n) is 3.75. The summed E-state index contributed by atoms with van der Waals surface area (Å²) < 4.78 is 16.6. The minimum Gasteiger partial charge on any atom is -0.429 e. The maximum Gasteiger partial charge on any atom is 0.509 e. The molecule has 142 valence electrons. The first kappa shape index (κ1) is 20.4. The molecule has 0 aliphatic carbocycles. The highest BCUT2D eigenvalue weighted by atomic mass is 32.2. The van der Waals surface area contributed by atoms with Gasteiger partial charge < -0.3 is 14.2 Å². The van der Waals surface area contributed by atoms with Crippen LogP contribution in [0.15, 0.2) is 34.3 Å². The van der Waals surface area contributed by atoms with Gasteiger partial charge in [-0.2, -0.15) is 0 Å². The zero-order valence-corrected chi connectivity index (χ0v) is 16.5. The van der Waals surface area contributed by atoms with E-state index in [1.54, 1.807) is 39.5 Å². The standard InChI is InChI=1S/C18H25N3O4S/c1-11-6-8-13(9-7-11)26-15-10-14(20-21-19)16(12(2)23-15)24-17(22)25-18(3,4)5/h6-9,12,14-16H,10H2,1-5H3/t12-,14-,15-,16-/m0/s1. The molecule has 1 aromatic carbocycles. The molecule has 0 spiro atoms. The lowest BCUT2D eigenvalue weighted by Crippen LogP contribution is -2.48. The van der Waals surface area contributed by atoms with Gasteiger partial charge >= 0.3 is 6.16 Å². The lowest BCUT2D eigenvalue weighted by atomic mass is 10.0. The first-order chi connectivity index (χ1) is 12.2. The molecular formula is C18H25N3O4S. The smallest absolute Gasteiger partial charge is 0.429 e. The van der Waals surface area contributed by atoms with Crippen molar-refractivity contribution in [3.63, 3.8) is 0 Å². The molecule has 1 aliphatic heterocycles. The number of carbonyl (C=O) groups excluding carboxylic acids is 1. The third kappa shape index (κ3) is 6.12. The highest BCUT2D eigenvalue weighted by molar-refractivity contribution is 7.99. The molecule has 1 fully saturated rings. The van der Waals surface area contributed by atoms with Gasteiger partial charge in [-0.25, -0.2) is 4.79 Å². The quantitative estimate of drug-likeness (QED) is 0.309. The predicted molar refractivity (Wildman–Crippen MR) is 100 cm³/mol. The topological polar surface area (TPSA) is 93.5 Å². The third-order valence-corrected chi connectivity index (χ3v) is 4.86. The molecule has 1 aromatic rings. The van der Waals surface area contributed by atoms with Gasteiger partial charge in [-0.3, -0.25) is 0 Å². The van der Waals surface area contributed by atoms with Crippen LogP contribution in [0.3, 0.4) is 0 Å². The second-order valence-corrected chi connectivity index (χ2v) is 8.49. The van der Waals surface area contributed by atoms with E-state index < -0.39 is 30.0 Å².